The van der Waals surface area contributed by atoms with Gasteiger partial charge >= 0.3 is 0 Å². The number of aliphatic hydroxyl groups excluding tert-OH is 1. The van der Waals surface area contributed by atoms with Crippen LogP contribution in [0.1, 0.15) is 17.6 Å². The molecule has 2 aromatic rings. The lowest BCUT2D eigenvalue weighted by Crippen LogP contribution is -2.06. The highest BCUT2D eigenvalue weighted by atomic mass is 16.6. The first-order chi connectivity index (χ1) is 7.86. The van der Waals surface area contributed by atoms with Crippen LogP contribution in [-0.4, -0.2) is 16.7 Å². The largest absolute Gasteiger partial charge is 0.469 e. The lowest BCUT2D eigenvalue weighted by Gasteiger charge is -2.10. The Bertz CT molecular complexity index is 399. The van der Waals surface area contributed by atoms with E-state index in [1.54, 1.807) is 30.8 Å². The zero-order valence-corrected chi connectivity index (χ0v) is 8.74. The van der Waals surface area contributed by atoms with Crippen molar-refractivity contribution in [1.29, 1.82) is 0 Å². The summed E-state index contributed by atoms with van der Waals surface area (Å²) in [6, 6.07) is 7.23. The van der Waals surface area contributed by atoms with Crippen LogP contribution in [0.3, 0.4) is 0 Å². The van der Waals surface area contributed by atoms with Gasteiger partial charge in [0, 0.05) is 24.4 Å². The van der Waals surface area contributed by atoms with Crippen molar-refractivity contribution in [2.75, 3.05) is 6.61 Å². The number of furan rings is 1. The molecular weight excluding hydrogens is 206 g/mol. The SMILES string of the molecule is OC(OCCc1ccco1)c1cccnc1. The number of hydrogen-bond acceptors (Lipinski definition) is 4. The minimum Gasteiger partial charge on any atom is -0.469 e. The zero-order chi connectivity index (χ0) is 11.2. The standard InChI is InChI=1S/C12H13NO3/c14-12(10-3-1-6-13-9-10)16-8-5-11-4-2-7-15-11/h1-4,6-7,9,12,14H,5,8H2. The van der Waals surface area contributed by atoms with E-state index in [4.69, 9.17) is 9.15 Å². The topological polar surface area (TPSA) is 55.5 Å². The molecule has 1 N–H and O–H groups in total. The Morgan fingerprint density at radius 1 is 1.38 bits per heavy atom. The monoisotopic (exact) mass is 219 g/mol. The number of hydrogen-bond donors (Lipinski definition) is 1. The van der Waals surface area contributed by atoms with E-state index in [2.05, 4.69) is 4.98 Å². The predicted octanol–water partition coefficient (Wildman–Crippen LogP) is 1.92. The molecule has 2 aromatic heterocycles. The number of aromatic nitrogens is 1. The van der Waals surface area contributed by atoms with Crippen LogP contribution in [0.2, 0.25) is 0 Å². The normalized spacial score (nSPS) is 12.6. The molecule has 0 aromatic carbocycles. The van der Waals surface area contributed by atoms with Crippen LogP contribution in [-0.2, 0) is 11.2 Å². The molecule has 4 nitrogen and oxygen atoms in total. The molecule has 4 heteroatoms. The van der Waals surface area contributed by atoms with E-state index >= 15 is 0 Å². The summed E-state index contributed by atoms with van der Waals surface area (Å²) in [4.78, 5) is 3.91. The first-order valence-corrected chi connectivity index (χ1v) is 5.08. The van der Waals surface area contributed by atoms with Gasteiger partial charge in [-0.15, -0.1) is 0 Å². The molecule has 2 heterocycles. The molecule has 0 fully saturated rings. The number of rotatable bonds is 5. The number of pyridine rings is 1. The molecule has 1 atom stereocenters. The van der Waals surface area contributed by atoms with Crippen molar-refractivity contribution in [2.24, 2.45) is 0 Å². The third-order valence-corrected chi connectivity index (χ3v) is 2.17. The lowest BCUT2D eigenvalue weighted by atomic mass is 10.3. The van der Waals surface area contributed by atoms with E-state index in [1.165, 1.54) is 0 Å². The van der Waals surface area contributed by atoms with Crippen molar-refractivity contribution in [2.45, 2.75) is 12.7 Å². The fourth-order valence-electron chi connectivity index (χ4n) is 1.34. The Hall–Kier alpha value is -1.65. The fourth-order valence-corrected chi connectivity index (χ4v) is 1.34. The Balaban J connectivity index is 1.78. The molecule has 0 radical (unpaired) electrons. The zero-order valence-electron chi connectivity index (χ0n) is 8.74. The molecule has 1 unspecified atom stereocenters. The Labute approximate surface area is 93.5 Å². The second-order valence-electron chi connectivity index (χ2n) is 3.34. The van der Waals surface area contributed by atoms with Gasteiger partial charge in [-0.25, -0.2) is 0 Å². The van der Waals surface area contributed by atoms with Crippen molar-refractivity contribution in [3.63, 3.8) is 0 Å². The number of aliphatic hydroxyl groups is 1. The van der Waals surface area contributed by atoms with E-state index in [0.29, 0.717) is 18.6 Å². The van der Waals surface area contributed by atoms with Crippen LogP contribution < -0.4 is 0 Å². The smallest absolute Gasteiger partial charge is 0.182 e. The van der Waals surface area contributed by atoms with Crippen molar-refractivity contribution >= 4 is 0 Å². The fraction of sp³-hybridized carbons (Fsp3) is 0.250. The summed E-state index contributed by atoms with van der Waals surface area (Å²) in [6.45, 7) is 0.406. The van der Waals surface area contributed by atoms with Gasteiger partial charge in [0.1, 0.15) is 5.76 Å². The Kier molecular flexibility index (Phi) is 3.69. The van der Waals surface area contributed by atoms with Gasteiger partial charge in [-0.1, -0.05) is 6.07 Å². The summed E-state index contributed by atoms with van der Waals surface area (Å²) in [5.74, 6) is 0.846. The van der Waals surface area contributed by atoms with Crippen molar-refractivity contribution in [1.82, 2.24) is 4.98 Å². The summed E-state index contributed by atoms with van der Waals surface area (Å²) in [7, 11) is 0. The molecule has 0 spiro atoms. The van der Waals surface area contributed by atoms with Crippen LogP contribution in [0.5, 0.6) is 0 Å². The highest BCUT2D eigenvalue weighted by Crippen LogP contribution is 2.12. The predicted molar refractivity (Wildman–Crippen MR) is 57.6 cm³/mol. The molecule has 0 aliphatic rings. The van der Waals surface area contributed by atoms with Gasteiger partial charge in [0.15, 0.2) is 6.29 Å². The maximum Gasteiger partial charge on any atom is 0.182 e. The van der Waals surface area contributed by atoms with Crippen molar-refractivity contribution < 1.29 is 14.3 Å². The summed E-state index contributed by atoms with van der Waals surface area (Å²) < 4.78 is 10.4. The average molecular weight is 219 g/mol. The maximum absolute atomic E-state index is 9.66. The summed E-state index contributed by atoms with van der Waals surface area (Å²) in [5.41, 5.74) is 0.655. The maximum atomic E-state index is 9.66. The van der Waals surface area contributed by atoms with E-state index in [0.717, 1.165) is 5.76 Å². The average Bonchev–Trinajstić information content (AvgIpc) is 2.83. The molecule has 84 valence electrons. The van der Waals surface area contributed by atoms with Crippen LogP contribution in [0, 0.1) is 0 Å². The minimum absolute atomic E-state index is 0.406. The lowest BCUT2D eigenvalue weighted by molar-refractivity contribution is -0.102. The van der Waals surface area contributed by atoms with E-state index in [1.807, 2.05) is 12.1 Å². The van der Waals surface area contributed by atoms with Crippen molar-refractivity contribution in [3.05, 3.63) is 54.2 Å². The Morgan fingerprint density at radius 3 is 3.00 bits per heavy atom. The summed E-state index contributed by atoms with van der Waals surface area (Å²) in [5, 5.41) is 9.66. The first kappa shape index (κ1) is 10.9. The first-order valence-electron chi connectivity index (χ1n) is 5.08. The number of nitrogens with zero attached hydrogens (tertiary/aromatic N) is 1. The van der Waals surface area contributed by atoms with Crippen LogP contribution in [0.4, 0.5) is 0 Å². The molecule has 2 rings (SSSR count). The van der Waals surface area contributed by atoms with Gasteiger partial charge in [-0.2, -0.15) is 0 Å². The minimum atomic E-state index is -0.927. The van der Waals surface area contributed by atoms with Crippen molar-refractivity contribution in [3.8, 4) is 0 Å². The molecule has 0 amide bonds. The van der Waals surface area contributed by atoms with E-state index < -0.39 is 6.29 Å². The van der Waals surface area contributed by atoms with Gasteiger partial charge in [0.25, 0.3) is 0 Å². The van der Waals surface area contributed by atoms with Gasteiger partial charge < -0.3 is 14.3 Å². The highest BCUT2D eigenvalue weighted by molar-refractivity contribution is 5.09. The molecule has 0 aliphatic carbocycles. The molecular formula is C12H13NO3. The molecule has 16 heavy (non-hydrogen) atoms. The van der Waals surface area contributed by atoms with Gasteiger partial charge in [-0.05, 0) is 18.2 Å². The quantitative estimate of drug-likeness (QED) is 0.780. The number of ether oxygens (including phenoxy) is 1. The van der Waals surface area contributed by atoms with E-state index in [9.17, 15) is 5.11 Å². The van der Waals surface area contributed by atoms with Crippen LogP contribution in [0.15, 0.2) is 47.3 Å². The van der Waals surface area contributed by atoms with Crippen LogP contribution in [0.25, 0.3) is 0 Å². The summed E-state index contributed by atoms with van der Waals surface area (Å²) >= 11 is 0. The van der Waals surface area contributed by atoms with Gasteiger partial charge in [-0.3, -0.25) is 4.98 Å². The van der Waals surface area contributed by atoms with Crippen LogP contribution >= 0.6 is 0 Å². The second-order valence-corrected chi connectivity index (χ2v) is 3.34. The Morgan fingerprint density at radius 2 is 2.31 bits per heavy atom. The molecule has 0 saturated carbocycles. The van der Waals surface area contributed by atoms with E-state index in [-0.39, 0.29) is 0 Å². The third-order valence-electron chi connectivity index (χ3n) is 2.17. The van der Waals surface area contributed by atoms with Gasteiger partial charge in [0.05, 0.1) is 12.9 Å². The van der Waals surface area contributed by atoms with Gasteiger partial charge in [0.2, 0.25) is 0 Å². The molecule has 0 saturated heterocycles. The summed E-state index contributed by atoms with van der Waals surface area (Å²) in [6.07, 6.45) is 4.57. The second kappa shape index (κ2) is 5.44. The highest BCUT2D eigenvalue weighted by Gasteiger charge is 2.07. The third kappa shape index (κ3) is 2.92. The molecule has 0 aliphatic heterocycles. The molecule has 0 bridgehead atoms.